The van der Waals surface area contributed by atoms with E-state index in [1.54, 1.807) is 0 Å². The molecule has 0 amide bonds. The van der Waals surface area contributed by atoms with Crippen LogP contribution in [0.4, 0.5) is 0 Å². The average molecular weight is 334 g/mol. The molecule has 1 aliphatic rings. The first-order chi connectivity index (χ1) is 10.9. The lowest BCUT2D eigenvalue weighted by Gasteiger charge is -2.30. The van der Waals surface area contributed by atoms with Crippen molar-refractivity contribution < 1.29 is 9.36 Å². The van der Waals surface area contributed by atoms with Crippen molar-refractivity contribution >= 4 is 12.7 Å². The van der Waals surface area contributed by atoms with Gasteiger partial charge in [0.1, 0.15) is 0 Å². The zero-order valence-electron chi connectivity index (χ0n) is 15.2. The number of carbonyl (C=O) groups is 1. The van der Waals surface area contributed by atoms with Crippen LogP contribution in [0.25, 0.3) is 0 Å². The maximum atomic E-state index is 13.9. The zero-order chi connectivity index (χ0) is 17.0. The highest BCUT2D eigenvalue weighted by Gasteiger charge is 2.41. The van der Waals surface area contributed by atoms with E-state index in [2.05, 4.69) is 6.92 Å². The first-order valence-corrected chi connectivity index (χ1v) is 11.1. The van der Waals surface area contributed by atoms with Crippen LogP contribution in [-0.2, 0) is 4.57 Å². The molecule has 0 N–H and O–H groups in total. The molecule has 1 aromatic rings. The molecule has 0 saturated heterocycles. The van der Waals surface area contributed by atoms with Crippen LogP contribution < -0.4 is 0 Å². The predicted molar refractivity (Wildman–Crippen MR) is 99.2 cm³/mol. The van der Waals surface area contributed by atoms with Crippen molar-refractivity contribution in [2.75, 3.05) is 6.16 Å². The smallest absolute Gasteiger partial charge is 0.222 e. The number of aryl methyl sites for hydroxylation is 3. The average Bonchev–Trinajstić information content (AvgIpc) is 2.52. The Labute approximate surface area is 141 Å². The van der Waals surface area contributed by atoms with Gasteiger partial charge in [0.2, 0.25) is 5.52 Å². The zero-order valence-corrected chi connectivity index (χ0v) is 16.0. The standard InChI is InChI=1S/C20H31O2P/c1-5-6-12-23(22,18-10-8-7-9-11-18)20(21)19-16(3)13-15(2)14-17(19)4/h13-14,18H,5-12H2,1-4H3. The summed E-state index contributed by atoms with van der Waals surface area (Å²) in [6, 6.07) is 4.09. The molecule has 128 valence electrons. The van der Waals surface area contributed by atoms with Crippen molar-refractivity contribution in [3.8, 4) is 0 Å². The number of hydrogen-bond acceptors (Lipinski definition) is 2. The minimum absolute atomic E-state index is 0.0344. The van der Waals surface area contributed by atoms with Crippen molar-refractivity contribution in [3.63, 3.8) is 0 Å². The minimum atomic E-state index is -2.83. The molecule has 1 aromatic carbocycles. The van der Waals surface area contributed by atoms with Gasteiger partial charge in [-0.1, -0.05) is 50.3 Å². The Bertz CT molecular complexity index is 589. The van der Waals surface area contributed by atoms with Crippen LogP contribution >= 0.6 is 7.14 Å². The van der Waals surface area contributed by atoms with Gasteiger partial charge in [-0.3, -0.25) is 4.79 Å². The van der Waals surface area contributed by atoms with E-state index in [1.807, 2.05) is 32.9 Å². The van der Waals surface area contributed by atoms with Crippen LogP contribution in [0.2, 0.25) is 0 Å². The van der Waals surface area contributed by atoms with Crippen LogP contribution in [0.3, 0.4) is 0 Å². The molecule has 23 heavy (non-hydrogen) atoms. The minimum Gasteiger partial charge on any atom is -0.315 e. The summed E-state index contributed by atoms with van der Waals surface area (Å²) in [4.78, 5) is 13.4. The maximum absolute atomic E-state index is 13.9. The molecule has 0 bridgehead atoms. The van der Waals surface area contributed by atoms with Gasteiger partial charge in [-0.15, -0.1) is 0 Å². The highest BCUT2D eigenvalue weighted by atomic mass is 31.2. The fourth-order valence-electron chi connectivity index (χ4n) is 4.05. The molecule has 2 rings (SSSR count). The van der Waals surface area contributed by atoms with Crippen LogP contribution in [0.5, 0.6) is 0 Å². The van der Waals surface area contributed by atoms with E-state index in [1.165, 1.54) is 6.42 Å². The number of unbranched alkanes of at least 4 members (excludes halogenated alkanes) is 1. The van der Waals surface area contributed by atoms with E-state index in [-0.39, 0.29) is 11.2 Å². The fourth-order valence-corrected chi connectivity index (χ4v) is 7.66. The third-order valence-corrected chi connectivity index (χ3v) is 8.83. The number of carbonyl (C=O) groups excluding carboxylic acids is 1. The molecule has 2 nitrogen and oxygen atoms in total. The molecule has 1 saturated carbocycles. The number of hydrogen-bond donors (Lipinski definition) is 0. The lowest BCUT2D eigenvalue weighted by molar-refractivity contribution is 0.107. The van der Waals surface area contributed by atoms with E-state index >= 15 is 0 Å². The molecule has 0 aromatic heterocycles. The van der Waals surface area contributed by atoms with Crippen molar-refractivity contribution in [2.24, 2.45) is 0 Å². The van der Waals surface area contributed by atoms with Crippen LogP contribution in [-0.4, -0.2) is 17.3 Å². The third kappa shape index (κ3) is 3.97. The largest absolute Gasteiger partial charge is 0.315 e. The van der Waals surface area contributed by atoms with Gasteiger partial charge in [-0.05, 0) is 51.2 Å². The van der Waals surface area contributed by atoms with Gasteiger partial charge >= 0.3 is 0 Å². The predicted octanol–water partition coefficient (Wildman–Crippen LogP) is 6.25. The lowest BCUT2D eigenvalue weighted by atomic mass is 10.0. The second-order valence-corrected chi connectivity index (χ2v) is 10.4. The topological polar surface area (TPSA) is 34.1 Å². The fraction of sp³-hybridized carbons (Fsp3) is 0.650. The van der Waals surface area contributed by atoms with E-state index in [0.717, 1.165) is 60.8 Å². The highest BCUT2D eigenvalue weighted by molar-refractivity contribution is 7.81. The van der Waals surface area contributed by atoms with Gasteiger partial charge in [0, 0.05) is 17.4 Å². The van der Waals surface area contributed by atoms with E-state index in [0.29, 0.717) is 6.16 Å². The molecule has 0 spiro atoms. The maximum Gasteiger partial charge on any atom is 0.222 e. The summed E-state index contributed by atoms with van der Waals surface area (Å²) >= 11 is 0. The molecule has 1 fully saturated rings. The van der Waals surface area contributed by atoms with Gasteiger partial charge in [-0.2, -0.15) is 0 Å². The highest BCUT2D eigenvalue weighted by Crippen LogP contribution is 2.58. The Morgan fingerprint density at radius 2 is 1.65 bits per heavy atom. The van der Waals surface area contributed by atoms with E-state index < -0.39 is 7.14 Å². The molecular formula is C20H31O2P. The Hall–Kier alpha value is -0.880. The molecule has 0 heterocycles. The normalized spacial score (nSPS) is 18.6. The first kappa shape index (κ1) is 18.5. The van der Waals surface area contributed by atoms with Gasteiger partial charge in [0.25, 0.3) is 0 Å². The number of rotatable bonds is 6. The van der Waals surface area contributed by atoms with Crippen molar-refractivity contribution in [2.45, 2.75) is 78.3 Å². The Kier molecular flexibility index (Phi) is 6.26. The summed E-state index contributed by atoms with van der Waals surface area (Å²) in [5.41, 5.74) is 3.96. The van der Waals surface area contributed by atoms with E-state index in [4.69, 9.17) is 0 Å². The lowest BCUT2D eigenvalue weighted by Crippen LogP contribution is -2.21. The molecule has 3 heteroatoms. The summed E-state index contributed by atoms with van der Waals surface area (Å²) in [5.74, 6) is 0. The Morgan fingerprint density at radius 3 is 2.17 bits per heavy atom. The quantitative estimate of drug-likeness (QED) is 0.576. The molecular weight excluding hydrogens is 303 g/mol. The molecule has 1 unspecified atom stereocenters. The monoisotopic (exact) mass is 334 g/mol. The third-order valence-electron chi connectivity index (χ3n) is 5.24. The van der Waals surface area contributed by atoms with Crippen molar-refractivity contribution in [3.05, 3.63) is 34.4 Å². The Morgan fingerprint density at radius 1 is 1.09 bits per heavy atom. The Balaban J connectivity index is 2.42. The number of benzene rings is 1. The van der Waals surface area contributed by atoms with E-state index in [9.17, 15) is 9.36 Å². The van der Waals surface area contributed by atoms with Crippen molar-refractivity contribution in [1.82, 2.24) is 0 Å². The van der Waals surface area contributed by atoms with Crippen LogP contribution in [0.1, 0.15) is 78.9 Å². The molecule has 1 atom stereocenters. The molecule has 0 aliphatic heterocycles. The van der Waals surface area contributed by atoms with Gasteiger partial charge < -0.3 is 4.57 Å². The van der Waals surface area contributed by atoms with Crippen molar-refractivity contribution in [1.29, 1.82) is 0 Å². The molecule has 1 aliphatic carbocycles. The van der Waals surface area contributed by atoms with Gasteiger partial charge in [0.15, 0.2) is 7.14 Å². The summed E-state index contributed by atoms with van der Waals surface area (Å²) in [6.07, 6.45) is 7.90. The van der Waals surface area contributed by atoms with Gasteiger partial charge in [-0.25, -0.2) is 0 Å². The van der Waals surface area contributed by atoms with Crippen LogP contribution in [0.15, 0.2) is 12.1 Å². The summed E-state index contributed by atoms with van der Waals surface area (Å²) < 4.78 is 13.9. The molecule has 0 radical (unpaired) electrons. The summed E-state index contributed by atoms with van der Waals surface area (Å²) in [5, 5.41) is 0. The SMILES string of the molecule is CCCCP(=O)(C(=O)c1c(C)cc(C)cc1C)C1CCCCC1. The second kappa shape index (κ2) is 7.79. The van der Waals surface area contributed by atoms with Gasteiger partial charge in [0.05, 0.1) is 0 Å². The van der Waals surface area contributed by atoms with Crippen LogP contribution in [0, 0.1) is 20.8 Å². The second-order valence-electron chi connectivity index (χ2n) is 7.24. The first-order valence-electron chi connectivity index (χ1n) is 9.11. The summed E-state index contributed by atoms with van der Waals surface area (Å²) in [6.45, 7) is 8.13. The summed E-state index contributed by atoms with van der Waals surface area (Å²) in [7, 11) is -2.83.